The molecule has 3 nitrogen and oxygen atoms in total. The molecule has 1 aliphatic rings. The van der Waals surface area contributed by atoms with Gasteiger partial charge in [0.25, 0.3) is 0 Å². The van der Waals surface area contributed by atoms with Gasteiger partial charge in [-0.2, -0.15) is 0 Å². The lowest BCUT2D eigenvalue weighted by Crippen LogP contribution is -2.17. The van der Waals surface area contributed by atoms with Crippen molar-refractivity contribution in [1.29, 1.82) is 0 Å². The van der Waals surface area contributed by atoms with Gasteiger partial charge in [0.05, 0.1) is 6.54 Å². The maximum Gasteiger partial charge on any atom is 0.410 e. The van der Waals surface area contributed by atoms with Crippen molar-refractivity contribution in [3.63, 3.8) is 0 Å². The number of ether oxygens (including phenoxy) is 1. The highest BCUT2D eigenvalue weighted by Crippen LogP contribution is 2.24. The van der Waals surface area contributed by atoms with Gasteiger partial charge < -0.3 is 9.64 Å². The highest BCUT2D eigenvalue weighted by molar-refractivity contribution is 5.69. The zero-order valence-corrected chi connectivity index (χ0v) is 7.43. The average molecular weight is 176 g/mol. The van der Waals surface area contributed by atoms with Gasteiger partial charge in [-0.1, -0.05) is 30.3 Å². The van der Waals surface area contributed by atoms with Crippen molar-refractivity contribution in [2.75, 3.05) is 13.6 Å². The van der Waals surface area contributed by atoms with Crippen molar-refractivity contribution in [3.8, 4) is 0 Å². The van der Waals surface area contributed by atoms with Crippen LogP contribution in [0.25, 0.3) is 0 Å². The summed E-state index contributed by atoms with van der Waals surface area (Å²) in [5.74, 6) is 0. The lowest BCUT2D eigenvalue weighted by atomic mass is 10.1. The fourth-order valence-electron chi connectivity index (χ4n) is 1.41. The van der Waals surface area contributed by atoms with Gasteiger partial charge in [-0.15, -0.1) is 0 Å². The van der Waals surface area contributed by atoms with Crippen molar-refractivity contribution in [2.24, 2.45) is 0 Å². The summed E-state index contributed by atoms with van der Waals surface area (Å²) >= 11 is 0. The molecule has 1 fully saturated rings. The normalized spacial score (nSPS) is 21.8. The summed E-state index contributed by atoms with van der Waals surface area (Å²) < 4.78 is 5.15. The fourth-order valence-corrected chi connectivity index (χ4v) is 1.41. The van der Waals surface area contributed by atoms with Crippen LogP contribution in [0.3, 0.4) is 0 Å². The minimum absolute atomic E-state index is 0.0984. The number of cyclic esters (lactones) is 1. The zero-order valence-electron chi connectivity index (χ0n) is 7.43. The number of hydrogen-bond donors (Lipinski definition) is 0. The maximum atomic E-state index is 11.1. The van der Waals surface area contributed by atoms with Gasteiger partial charge in [0.1, 0.15) is 6.10 Å². The lowest BCUT2D eigenvalue weighted by Gasteiger charge is -2.06. The van der Waals surface area contributed by atoms with Crippen LogP contribution in [0.15, 0.2) is 30.3 Å². The quantitative estimate of drug-likeness (QED) is 0.653. The Kier molecular flexibility index (Phi) is 1.93. The molecule has 3 heteroatoms. The molecule has 1 atom stereocenters. The van der Waals surface area contributed by atoms with Crippen LogP contribution in [0.2, 0.25) is 0 Å². The van der Waals surface area contributed by atoms with E-state index in [0.717, 1.165) is 5.56 Å². The third kappa shape index (κ3) is 1.49. The molecule has 1 amide bonds. The Morgan fingerprint density at radius 3 is 2.62 bits per heavy atom. The Labute approximate surface area is 76.9 Å². The summed E-state index contributed by atoms with van der Waals surface area (Å²) in [6.45, 7) is 0.642. The molecule has 0 radical (unpaired) electrons. The van der Waals surface area contributed by atoms with Gasteiger partial charge in [0, 0.05) is 7.05 Å². The summed E-state index contributed by atoms with van der Waals surface area (Å²) in [6.07, 6.45) is -0.340. The van der Waals surface area contributed by atoms with E-state index < -0.39 is 0 Å². The van der Waals surface area contributed by atoms with Gasteiger partial charge in [-0.05, 0) is 5.56 Å². The number of hydrogen-bond acceptors (Lipinski definition) is 2. The highest BCUT2D eigenvalue weighted by atomic mass is 16.5. The first kappa shape index (κ1) is 8.10. The van der Waals surface area contributed by atoms with Gasteiger partial charge >= 0.3 is 6.09 Å². The number of benzene rings is 1. The van der Waals surface area contributed by atoms with Gasteiger partial charge in [0.2, 0.25) is 0 Å². The summed E-state index contributed by atoms with van der Waals surface area (Å²) in [6, 6.07) is 9.78. The SMILES string of the molecule is CN1CC(c2ccccc2)O[11C]1=O. The van der Waals surface area contributed by atoms with Crippen LogP contribution in [0.4, 0.5) is 4.79 Å². The van der Waals surface area contributed by atoms with E-state index >= 15 is 0 Å². The topological polar surface area (TPSA) is 29.5 Å². The second-order valence-corrected chi connectivity index (χ2v) is 3.16. The van der Waals surface area contributed by atoms with Crippen LogP contribution in [-0.4, -0.2) is 24.6 Å². The van der Waals surface area contributed by atoms with Crippen molar-refractivity contribution in [2.45, 2.75) is 6.10 Å². The summed E-state index contributed by atoms with van der Waals surface area (Å²) in [4.78, 5) is 12.6. The van der Waals surface area contributed by atoms with Crippen LogP contribution in [0, 0.1) is 0 Å². The molecule has 0 spiro atoms. The first-order valence-electron chi connectivity index (χ1n) is 4.24. The Bertz CT molecular complexity index is 310. The Morgan fingerprint density at radius 2 is 2.08 bits per heavy atom. The van der Waals surface area contributed by atoms with Gasteiger partial charge in [-0.3, -0.25) is 0 Å². The summed E-state index contributed by atoms with van der Waals surface area (Å²) in [5.41, 5.74) is 1.06. The smallest absolute Gasteiger partial charge is 0.410 e. The van der Waals surface area contributed by atoms with E-state index in [2.05, 4.69) is 0 Å². The van der Waals surface area contributed by atoms with E-state index in [9.17, 15) is 4.79 Å². The van der Waals surface area contributed by atoms with E-state index in [4.69, 9.17) is 4.74 Å². The third-order valence-corrected chi connectivity index (χ3v) is 2.17. The van der Waals surface area contributed by atoms with Gasteiger partial charge in [0.15, 0.2) is 0 Å². The molecule has 1 saturated heterocycles. The number of carbonyl (C=O) groups excluding carboxylic acids is 1. The molecule has 1 aromatic rings. The van der Waals surface area contributed by atoms with Gasteiger partial charge in [-0.25, -0.2) is 4.79 Å². The Balaban J connectivity index is 2.17. The zero-order chi connectivity index (χ0) is 9.26. The predicted octanol–water partition coefficient (Wildman–Crippen LogP) is 1.81. The van der Waals surface area contributed by atoms with Crippen molar-refractivity contribution in [1.82, 2.24) is 4.90 Å². The van der Waals surface area contributed by atoms with Crippen molar-refractivity contribution in [3.05, 3.63) is 35.9 Å². The Morgan fingerprint density at radius 1 is 1.38 bits per heavy atom. The summed E-state index contributed by atoms with van der Waals surface area (Å²) in [7, 11) is 1.74. The lowest BCUT2D eigenvalue weighted by molar-refractivity contribution is 0.135. The molecular weight excluding hydrogens is 165 g/mol. The molecule has 68 valence electrons. The van der Waals surface area contributed by atoms with Crippen LogP contribution in [0.5, 0.6) is 0 Å². The van der Waals surface area contributed by atoms with E-state index in [0.29, 0.717) is 6.54 Å². The largest absolute Gasteiger partial charge is 0.439 e. The maximum absolute atomic E-state index is 11.1. The molecular formula is C10H11NO2. The second kappa shape index (κ2) is 3.09. The molecule has 0 aromatic heterocycles. The molecule has 1 aromatic carbocycles. The van der Waals surface area contributed by atoms with E-state index in [1.54, 1.807) is 11.9 Å². The number of rotatable bonds is 1. The van der Waals surface area contributed by atoms with E-state index in [-0.39, 0.29) is 12.2 Å². The van der Waals surface area contributed by atoms with E-state index in [1.165, 1.54) is 0 Å². The first-order valence-corrected chi connectivity index (χ1v) is 4.24. The molecule has 0 saturated carbocycles. The predicted molar refractivity (Wildman–Crippen MR) is 48.3 cm³/mol. The molecule has 0 N–H and O–H groups in total. The van der Waals surface area contributed by atoms with Crippen LogP contribution >= 0.6 is 0 Å². The average Bonchev–Trinajstić information content (AvgIpc) is 2.49. The van der Waals surface area contributed by atoms with Crippen LogP contribution < -0.4 is 0 Å². The van der Waals surface area contributed by atoms with Crippen molar-refractivity contribution >= 4 is 6.09 Å². The van der Waals surface area contributed by atoms with E-state index in [1.807, 2.05) is 30.3 Å². The minimum atomic E-state index is -0.242. The number of carbonyl (C=O) groups is 1. The summed E-state index contributed by atoms with van der Waals surface area (Å²) in [5, 5.41) is 0. The second-order valence-electron chi connectivity index (χ2n) is 3.16. The molecule has 0 bridgehead atoms. The highest BCUT2D eigenvalue weighted by Gasteiger charge is 2.28. The third-order valence-electron chi connectivity index (χ3n) is 2.17. The molecule has 1 heterocycles. The van der Waals surface area contributed by atoms with Crippen LogP contribution in [0.1, 0.15) is 11.7 Å². The molecule has 0 aliphatic carbocycles. The molecule has 1 unspecified atom stereocenters. The molecule has 2 rings (SSSR count). The standard InChI is InChI=1S/C10H11NO2/c1-11-7-9(13-10(11)12)8-5-3-2-4-6-8/h2-6,9H,7H2,1H3/i10-1. The Hall–Kier alpha value is -1.51. The number of likely N-dealkylation sites (N-methyl/N-ethyl adjacent to an activating group) is 1. The fraction of sp³-hybridized carbons (Fsp3) is 0.300. The number of nitrogens with zero attached hydrogens (tertiary/aromatic N) is 1. The van der Waals surface area contributed by atoms with Crippen LogP contribution in [-0.2, 0) is 4.74 Å². The van der Waals surface area contributed by atoms with Crippen molar-refractivity contribution < 1.29 is 9.53 Å². The monoisotopic (exact) mass is 176 g/mol. The molecule has 13 heavy (non-hydrogen) atoms. The molecule has 1 aliphatic heterocycles. The number of amides is 1. The minimum Gasteiger partial charge on any atom is -0.439 e. The first-order chi connectivity index (χ1) is 6.27.